The second-order valence-electron chi connectivity index (χ2n) is 14.0. The van der Waals surface area contributed by atoms with E-state index in [1.807, 2.05) is 124 Å². The van der Waals surface area contributed by atoms with Crippen molar-refractivity contribution in [3.05, 3.63) is 138 Å². The molecule has 1 aliphatic heterocycles. The van der Waals surface area contributed by atoms with Crippen molar-refractivity contribution in [3.63, 3.8) is 0 Å². The van der Waals surface area contributed by atoms with Crippen molar-refractivity contribution >= 4 is 23.8 Å². The molecule has 4 aromatic carbocycles. The maximum absolute atomic E-state index is 14.2. The van der Waals surface area contributed by atoms with Gasteiger partial charge in [-0.2, -0.15) is 0 Å². The van der Waals surface area contributed by atoms with Gasteiger partial charge in [-0.15, -0.1) is 0 Å². The Bertz CT molecular complexity index is 1690. The Hall–Kier alpha value is -5.19. The number of hydrogen-bond acceptors (Lipinski definition) is 7. The third-order valence-corrected chi connectivity index (χ3v) is 8.95. The third kappa shape index (κ3) is 10.9. The van der Waals surface area contributed by atoms with E-state index in [-0.39, 0.29) is 24.1 Å². The summed E-state index contributed by atoms with van der Waals surface area (Å²) in [4.78, 5) is 42.0. The summed E-state index contributed by atoms with van der Waals surface area (Å²) < 4.78 is 17.1. The average Bonchev–Trinajstić information content (AvgIpc) is 3.15. The highest BCUT2D eigenvalue weighted by molar-refractivity contribution is 5.98. The van der Waals surface area contributed by atoms with Crippen LogP contribution in [0.1, 0.15) is 55.4 Å². The number of alkyl carbamates (subject to hydrolysis) is 1. The number of nitrogens with one attached hydrogen (secondary N) is 3. The van der Waals surface area contributed by atoms with Crippen molar-refractivity contribution in [2.75, 3.05) is 32.1 Å². The summed E-state index contributed by atoms with van der Waals surface area (Å²) in [5.74, 6) is -0.871. The second kappa shape index (κ2) is 18.3. The number of carbonyl (C=O) groups excluding carboxylic acids is 3. The minimum absolute atomic E-state index is 0.192. The fourth-order valence-corrected chi connectivity index (χ4v) is 6.40. The van der Waals surface area contributed by atoms with Gasteiger partial charge in [0.15, 0.2) is 0 Å². The van der Waals surface area contributed by atoms with Gasteiger partial charge in [-0.25, -0.2) is 9.59 Å². The molecule has 0 spiro atoms. The number of aryl methyl sites for hydroxylation is 1. The summed E-state index contributed by atoms with van der Waals surface area (Å²) in [6.07, 6.45) is -0.123. The summed E-state index contributed by atoms with van der Waals surface area (Å²) in [5, 5.41) is 9.37. The summed E-state index contributed by atoms with van der Waals surface area (Å²) in [6.45, 7) is 7.58. The van der Waals surface area contributed by atoms with E-state index in [9.17, 15) is 14.4 Å². The quantitative estimate of drug-likeness (QED) is 0.138. The molecule has 0 aromatic heterocycles. The van der Waals surface area contributed by atoms with Crippen molar-refractivity contribution in [2.45, 2.75) is 69.9 Å². The number of para-hydroxylation sites is 1. The van der Waals surface area contributed by atoms with Crippen molar-refractivity contribution in [1.82, 2.24) is 15.5 Å². The Labute approximate surface area is 306 Å². The average molecular weight is 707 g/mol. The Kier molecular flexibility index (Phi) is 13.4. The number of hydrogen-bond donors (Lipinski definition) is 3. The molecular weight excluding hydrogens is 656 g/mol. The Morgan fingerprint density at radius 3 is 2.06 bits per heavy atom. The minimum atomic E-state index is -0.984. The number of methoxy groups -OCH3 is 1. The first-order valence-electron chi connectivity index (χ1n) is 17.8. The lowest BCUT2D eigenvalue weighted by Crippen LogP contribution is -2.56. The summed E-state index contributed by atoms with van der Waals surface area (Å²) in [5.41, 5.74) is 3.81. The van der Waals surface area contributed by atoms with Crippen LogP contribution in [0.5, 0.6) is 0 Å². The van der Waals surface area contributed by atoms with Crippen molar-refractivity contribution in [1.29, 1.82) is 0 Å². The van der Waals surface area contributed by atoms with Gasteiger partial charge in [0.1, 0.15) is 11.6 Å². The molecule has 5 rings (SSSR count). The minimum Gasteiger partial charge on any atom is -0.453 e. The van der Waals surface area contributed by atoms with E-state index < -0.39 is 23.7 Å². The lowest BCUT2D eigenvalue weighted by Gasteiger charge is -2.40. The number of benzene rings is 4. The van der Waals surface area contributed by atoms with Gasteiger partial charge in [-0.1, -0.05) is 109 Å². The van der Waals surface area contributed by atoms with E-state index in [1.165, 1.54) is 7.11 Å². The molecular formula is C42H50N4O6. The molecule has 10 nitrogen and oxygen atoms in total. The molecule has 52 heavy (non-hydrogen) atoms. The second-order valence-corrected chi connectivity index (χ2v) is 14.0. The summed E-state index contributed by atoms with van der Waals surface area (Å²) >= 11 is 0. The molecule has 1 aliphatic rings. The lowest BCUT2D eigenvalue weighted by molar-refractivity contribution is -0.118. The number of nitrogens with zero attached hydrogens (tertiary/aromatic N) is 1. The molecule has 0 bridgehead atoms. The largest absolute Gasteiger partial charge is 0.453 e. The number of ether oxygens (including phenoxy) is 3. The highest BCUT2D eigenvalue weighted by atomic mass is 16.6. The summed E-state index contributed by atoms with van der Waals surface area (Å²) in [6, 6.07) is 35.8. The van der Waals surface area contributed by atoms with Gasteiger partial charge in [0.2, 0.25) is 5.91 Å². The van der Waals surface area contributed by atoms with E-state index in [2.05, 4.69) is 28.1 Å². The standard InChI is InChI=1S/C42H50N4O6/c1-42(2,3)52-41(49)46-28-35(51-29-34(46)27-43-26-30-16-8-5-9-17-30)25-24-31-18-14-15-23-36(31)44-39(47)38(45-40(48)50-4)37(32-19-10-6-11-20-32)33-21-12-7-13-22-33/h5-23,34-35,37-38,43H,24-29H2,1-4H3,(H,44,47)(H,45,48)/t34-,35-,38+/m1/s1. The molecule has 1 saturated heterocycles. The fourth-order valence-electron chi connectivity index (χ4n) is 6.40. The third-order valence-electron chi connectivity index (χ3n) is 8.95. The van der Waals surface area contributed by atoms with Crippen LogP contribution in [0.2, 0.25) is 0 Å². The first-order valence-corrected chi connectivity index (χ1v) is 17.8. The molecule has 0 unspecified atom stereocenters. The van der Waals surface area contributed by atoms with Crippen LogP contribution in [0.3, 0.4) is 0 Å². The van der Waals surface area contributed by atoms with E-state index in [0.29, 0.717) is 44.8 Å². The molecule has 0 saturated carbocycles. The molecule has 274 valence electrons. The van der Waals surface area contributed by atoms with Crippen LogP contribution in [-0.4, -0.2) is 73.6 Å². The molecule has 1 heterocycles. The zero-order valence-electron chi connectivity index (χ0n) is 30.4. The van der Waals surface area contributed by atoms with Gasteiger partial charge in [-0.3, -0.25) is 9.69 Å². The SMILES string of the molecule is COC(=O)N[C@H](C(=O)Nc1ccccc1CC[C@@H]1CN(C(=O)OC(C)(C)C)[C@H](CNCc2ccccc2)CO1)C(c1ccccc1)c1ccccc1. The zero-order valence-corrected chi connectivity index (χ0v) is 30.4. The predicted octanol–water partition coefficient (Wildman–Crippen LogP) is 6.91. The smallest absolute Gasteiger partial charge is 0.410 e. The van der Waals surface area contributed by atoms with E-state index >= 15 is 0 Å². The van der Waals surface area contributed by atoms with Gasteiger partial charge in [0.25, 0.3) is 0 Å². The normalized spacial score (nSPS) is 16.5. The zero-order chi connectivity index (χ0) is 36.9. The molecule has 0 aliphatic carbocycles. The number of carbonyl (C=O) groups is 3. The van der Waals surface area contributed by atoms with Crippen LogP contribution in [0, 0.1) is 0 Å². The van der Waals surface area contributed by atoms with Gasteiger partial charge in [-0.05, 0) is 61.9 Å². The number of rotatable bonds is 13. The van der Waals surface area contributed by atoms with Gasteiger partial charge in [0.05, 0.1) is 32.4 Å². The Morgan fingerprint density at radius 2 is 1.44 bits per heavy atom. The van der Waals surface area contributed by atoms with E-state index in [4.69, 9.17) is 14.2 Å². The lowest BCUT2D eigenvalue weighted by atomic mass is 9.84. The Balaban J connectivity index is 1.29. The Morgan fingerprint density at radius 1 is 0.846 bits per heavy atom. The van der Waals surface area contributed by atoms with Crippen LogP contribution in [0.4, 0.5) is 15.3 Å². The number of morpholine rings is 1. The van der Waals surface area contributed by atoms with Crippen LogP contribution < -0.4 is 16.0 Å². The highest BCUT2D eigenvalue weighted by Gasteiger charge is 2.36. The van der Waals surface area contributed by atoms with Crippen LogP contribution in [0.25, 0.3) is 0 Å². The van der Waals surface area contributed by atoms with Crippen LogP contribution >= 0.6 is 0 Å². The predicted molar refractivity (Wildman–Crippen MR) is 202 cm³/mol. The summed E-state index contributed by atoms with van der Waals surface area (Å²) in [7, 11) is 1.28. The molecule has 1 fully saturated rings. The van der Waals surface area contributed by atoms with Crippen LogP contribution in [0.15, 0.2) is 115 Å². The van der Waals surface area contributed by atoms with Crippen LogP contribution in [-0.2, 0) is 32.0 Å². The molecule has 3 atom stereocenters. The fraction of sp³-hybridized carbons (Fsp3) is 0.357. The van der Waals surface area contributed by atoms with Crippen molar-refractivity contribution in [2.24, 2.45) is 0 Å². The highest BCUT2D eigenvalue weighted by Crippen LogP contribution is 2.30. The molecule has 3 amide bonds. The van der Waals surface area contributed by atoms with E-state index in [1.54, 1.807) is 4.90 Å². The first kappa shape index (κ1) is 38.1. The maximum Gasteiger partial charge on any atom is 0.410 e. The maximum atomic E-state index is 14.2. The van der Waals surface area contributed by atoms with Crippen molar-refractivity contribution in [3.8, 4) is 0 Å². The molecule has 10 heteroatoms. The molecule has 3 N–H and O–H groups in total. The topological polar surface area (TPSA) is 118 Å². The first-order chi connectivity index (χ1) is 25.1. The number of anilines is 1. The molecule has 0 radical (unpaired) electrons. The van der Waals surface area contributed by atoms with Gasteiger partial charge in [0, 0.05) is 24.7 Å². The van der Waals surface area contributed by atoms with E-state index in [0.717, 1.165) is 22.3 Å². The van der Waals surface area contributed by atoms with Gasteiger partial charge < -0.3 is 30.2 Å². The monoisotopic (exact) mass is 706 g/mol. The number of amides is 3. The molecule has 4 aromatic rings. The van der Waals surface area contributed by atoms with Crippen molar-refractivity contribution < 1.29 is 28.6 Å². The van der Waals surface area contributed by atoms with Gasteiger partial charge >= 0.3 is 12.2 Å².